The van der Waals surface area contributed by atoms with Gasteiger partial charge in [0.15, 0.2) is 0 Å². The van der Waals surface area contributed by atoms with E-state index < -0.39 is 44.5 Å². The minimum Gasteiger partial charge on any atom is -0.444 e. The average molecular weight is 336 g/mol. The first-order chi connectivity index (χ1) is 10.3. The van der Waals surface area contributed by atoms with Crippen molar-refractivity contribution in [3.63, 3.8) is 0 Å². The highest BCUT2D eigenvalue weighted by Crippen LogP contribution is 2.37. The lowest BCUT2D eigenvalue weighted by Gasteiger charge is -2.40. The summed E-state index contributed by atoms with van der Waals surface area (Å²) in [5.74, 6) is 0.0314. The maximum atomic E-state index is 10.9. The fraction of sp³-hybridized carbons (Fsp3) is 0.636. The van der Waals surface area contributed by atoms with Crippen LogP contribution >= 0.6 is 7.60 Å². The Labute approximate surface area is 125 Å². The molecule has 0 radical (unpaired) electrons. The lowest BCUT2D eigenvalue weighted by atomic mass is 9.97. The molecule has 5 N–H and O–H groups in total. The predicted molar refractivity (Wildman–Crippen MR) is 70.9 cm³/mol. The molecule has 0 spiro atoms. The van der Waals surface area contributed by atoms with E-state index in [-0.39, 0.29) is 12.3 Å². The lowest BCUT2D eigenvalue weighted by molar-refractivity contribution is -0.273. The summed E-state index contributed by atoms with van der Waals surface area (Å²) in [7, 11) is -4.28. The molecule has 0 saturated carbocycles. The van der Waals surface area contributed by atoms with Crippen molar-refractivity contribution in [3.05, 3.63) is 18.6 Å². The molecule has 0 amide bonds. The number of hydrogen-bond acceptors (Lipinski definition) is 8. The highest BCUT2D eigenvalue weighted by Gasteiger charge is 2.45. The van der Waals surface area contributed by atoms with Crippen molar-refractivity contribution in [1.29, 1.82) is 0 Å². The molecule has 0 aliphatic carbocycles. The Morgan fingerprint density at radius 2 is 1.91 bits per heavy atom. The van der Waals surface area contributed by atoms with Gasteiger partial charge in [-0.2, -0.15) is 0 Å². The van der Waals surface area contributed by atoms with E-state index in [1.807, 2.05) is 0 Å². The molecule has 1 unspecified atom stereocenters. The fourth-order valence-corrected chi connectivity index (χ4v) is 2.60. The minimum absolute atomic E-state index is 0.0314. The Kier molecular flexibility index (Phi) is 5.45. The molecule has 5 atom stereocenters. The van der Waals surface area contributed by atoms with Gasteiger partial charge in [-0.1, -0.05) is 0 Å². The third-order valence-electron chi connectivity index (χ3n) is 3.15. The number of aromatic nitrogens is 2. The molecule has 2 heterocycles. The van der Waals surface area contributed by atoms with E-state index in [1.165, 1.54) is 18.6 Å². The first-order valence-electron chi connectivity index (χ1n) is 6.45. The zero-order valence-electron chi connectivity index (χ0n) is 11.3. The van der Waals surface area contributed by atoms with Crippen molar-refractivity contribution in [2.75, 3.05) is 6.16 Å². The van der Waals surface area contributed by atoms with Gasteiger partial charge in [-0.05, 0) is 6.42 Å². The van der Waals surface area contributed by atoms with E-state index >= 15 is 0 Å². The minimum atomic E-state index is -4.28. The summed E-state index contributed by atoms with van der Waals surface area (Å²) in [6, 6.07) is 0. The topological polar surface area (TPSA) is 162 Å². The first kappa shape index (κ1) is 17.2. The van der Waals surface area contributed by atoms with Crippen LogP contribution in [0.4, 0.5) is 0 Å². The predicted octanol–water partition coefficient (Wildman–Crippen LogP) is -1.77. The Hall–Kier alpha value is -1.13. The van der Waals surface area contributed by atoms with E-state index in [4.69, 9.17) is 19.3 Å². The molecular weight excluding hydrogens is 319 g/mol. The van der Waals surface area contributed by atoms with Crippen molar-refractivity contribution in [1.82, 2.24) is 9.97 Å². The number of hydrogen-bond donors (Lipinski definition) is 5. The highest BCUT2D eigenvalue weighted by molar-refractivity contribution is 7.51. The summed E-state index contributed by atoms with van der Waals surface area (Å²) in [5, 5.41) is 29.5. The summed E-state index contributed by atoms with van der Waals surface area (Å²) in [6.45, 7) is 0. The van der Waals surface area contributed by atoms with E-state index in [1.54, 1.807) is 0 Å². The Morgan fingerprint density at radius 3 is 2.50 bits per heavy atom. The summed E-state index contributed by atoms with van der Waals surface area (Å²) in [4.78, 5) is 25.3. The molecule has 0 bridgehead atoms. The quantitative estimate of drug-likeness (QED) is 0.389. The van der Waals surface area contributed by atoms with E-state index in [2.05, 4.69) is 9.97 Å². The molecule has 0 aromatic carbocycles. The van der Waals surface area contributed by atoms with E-state index in [0.29, 0.717) is 0 Å². The second-order valence-electron chi connectivity index (χ2n) is 4.85. The largest absolute Gasteiger partial charge is 0.444 e. The maximum Gasteiger partial charge on any atom is 0.325 e. The van der Waals surface area contributed by atoms with Gasteiger partial charge in [0.1, 0.15) is 18.3 Å². The van der Waals surface area contributed by atoms with Crippen LogP contribution in [-0.4, -0.2) is 71.9 Å². The summed E-state index contributed by atoms with van der Waals surface area (Å²) >= 11 is 0. The molecule has 124 valence electrons. The zero-order valence-corrected chi connectivity index (χ0v) is 12.2. The molecule has 2 rings (SSSR count). The highest BCUT2D eigenvalue weighted by atomic mass is 31.2. The van der Waals surface area contributed by atoms with Crippen LogP contribution in [0.2, 0.25) is 0 Å². The number of aliphatic hydroxyl groups is 3. The third-order valence-corrected chi connectivity index (χ3v) is 3.99. The van der Waals surface area contributed by atoms with Crippen molar-refractivity contribution in [2.45, 2.75) is 37.1 Å². The first-order valence-corrected chi connectivity index (χ1v) is 8.24. The van der Waals surface area contributed by atoms with Gasteiger partial charge in [-0.3, -0.25) is 9.55 Å². The molecule has 1 fully saturated rings. The number of rotatable bonds is 5. The molecule has 10 nitrogen and oxygen atoms in total. The summed E-state index contributed by atoms with van der Waals surface area (Å²) < 4.78 is 21.4. The maximum absolute atomic E-state index is 10.9. The Bertz CT molecular complexity index is 526. The fourth-order valence-electron chi connectivity index (χ4n) is 2.01. The van der Waals surface area contributed by atoms with Gasteiger partial charge in [-0.25, -0.2) is 4.98 Å². The number of aliphatic hydroxyl groups excluding tert-OH is 3. The van der Waals surface area contributed by atoms with Crippen molar-refractivity contribution >= 4 is 7.60 Å². The van der Waals surface area contributed by atoms with Gasteiger partial charge in [0.2, 0.25) is 12.2 Å². The molecule has 11 heteroatoms. The van der Waals surface area contributed by atoms with Crippen LogP contribution in [-0.2, 0) is 9.30 Å². The number of ether oxygens (including phenoxy) is 2. The standard InChI is InChI=1S/C11H17N2O8P/c14-8-6(1-4-22(17,18)19)20-11(10(16)9(8)15)21-7-5-12-2-3-13-7/h2-3,5-6,8-11,14-16H,1,4H2,(H2,17,18,19)/t6-,8-,9+,10+,11?/m1/s1. The lowest BCUT2D eigenvalue weighted by Crippen LogP contribution is -2.59. The number of nitrogens with zero attached hydrogens (tertiary/aromatic N) is 2. The molecule has 1 aliphatic rings. The van der Waals surface area contributed by atoms with Crippen LogP contribution in [0.25, 0.3) is 0 Å². The van der Waals surface area contributed by atoms with Crippen LogP contribution in [0.3, 0.4) is 0 Å². The van der Waals surface area contributed by atoms with Gasteiger partial charge >= 0.3 is 7.60 Å². The molecule has 22 heavy (non-hydrogen) atoms. The van der Waals surface area contributed by atoms with Crippen LogP contribution in [0.1, 0.15) is 6.42 Å². The van der Waals surface area contributed by atoms with Crippen molar-refractivity contribution < 1.29 is 39.1 Å². The van der Waals surface area contributed by atoms with Gasteiger partial charge in [-0.15, -0.1) is 0 Å². The Morgan fingerprint density at radius 1 is 1.18 bits per heavy atom. The van der Waals surface area contributed by atoms with Gasteiger partial charge < -0.3 is 34.6 Å². The molecule has 1 aromatic rings. The smallest absolute Gasteiger partial charge is 0.325 e. The molecule has 1 aliphatic heterocycles. The zero-order chi connectivity index (χ0) is 16.3. The van der Waals surface area contributed by atoms with E-state index in [9.17, 15) is 19.9 Å². The normalized spacial score (nSPS) is 32.7. The van der Waals surface area contributed by atoms with Crippen LogP contribution in [0, 0.1) is 0 Å². The van der Waals surface area contributed by atoms with Gasteiger partial charge in [0.25, 0.3) is 0 Å². The van der Waals surface area contributed by atoms with Crippen LogP contribution in [0.15, 0.2) is 18.6 Å². The average Bonchev–Trinajstić information content (AvgIpc) is 2.47. The molecule has 1 aromatic heterocycles. The van der Waals surface area contributed by atoms with Crippen LogP contribution < -0.4 is 4.74 Å². The van der Waals surface area contributed by atoms with Crippen LogP contribution in [0.5, 0.6) is 5.88 Å². The molecule has 1 saturated heterocycles. The SMILES string of the molecule is O=P(O)(O)CC[C@H]1OC(Oc2cnccn2)[C@@H](O)[C@@H](O)[C@@H]1O. The van der Waals surface area contributed by atoms with Crippen molar-refractivity contribution in [3.8, 4) is 5.88 Å². The summed E-state index contributed by atoms with van der Waals surface area (Å²) in [5.41, 5.74) is 0. The van der Waals surface area contributed by atoms with E-state index in [0.717, 1.165) is 0 Å². The van der Waals surface area contributed by atoms with Gasteiger partial charge in [0.05, 0.1) is 18.5 Å². The second kappa shape index (κ2) is 6.97. The molecular formula is C11H17N2O8P. The van der Waals surface area contributed by atoms with Gasteiger partial charge in [0, 0.05) is 12.4 Å². The van der Waals surface area contributed by atoms with Crippen molar-refractivity contribution in [2.24, 2.45) is 0 Å². The summed E-state index contributed by atoms with van der Waals surface area (Å²) in [6.07, 6.45) is -3.82. The Balaban J connectivity index is 2.05. The third kappa shape index (κ3) is 4.43. The second-order valence-corrected chi connectivity index (χ2v) is 6.63. The monoisotopic (exact) mass is 336 g/mol.